The number of halogens is 1. The van der Waals surface area contributed by atoms with Crippen molar-refractivity contribution >= 4 is 11.8 Å². The average Bonchev–Trinajstić information content (AvgIpc) is 2.64. The minimum Gasteiger partial charge on any atom is -0.386 e. The van der Waals surface area contributed by atoms with Gasteiger partial charge in [-0.05, 0) is 18.9 Å². The molecule has 0 saturated carbocycles. The van der Waals surface area contributed by atoms with Gasteiger partial charge in [0.15, 0.2) is 0 Å². The van der Waals surface area contributed by atoms with Crippen LogP contribution in [0.4, 0.5) is 4.39 Å². The fraction of sp³-hybridized carbons (Fsp3) is 0.500. The summed E-state index contributed by atoms with van der Waals surface area (Å²) in [5.74, 6) is -1.13. The van der Waals surface area contributed by atoms with Gasteiger partial charge in [-0.25, -0.2) is 4.39 Å². The van der Waals surface area contributed by atoms with Crippen molar-refractivity contribution in [3.05, 3.63) is 35.6 Å². The van der Waals surface area contributed by atoms with Gasteiger partial charge < -0.3 is 5.11 Å². The first-order valence-corrected chi connectivity index (χ1v) is 7.04. The largest absolute Gasteiger partial charge is 0.386 e. The van der Waals surface area contributed by atoms with Crippen LogP contribution in [0.5, 0.6) is 0 Å². The van der Waals surface area contributed by atoms with E-state index in [4.69, 9.17) is 0 Å². The maximum atomic E-state index is 13.6. The molecule has 4 nitrogen and oxygen atoms in total. The lowest BCUT2D eigenvalue weighted by Crippen LogP contribution is -2.39. The number of aliphatic hydroxyl groups excluding tert-OH is 1. The Balaban J connectivity index is 2.19. The number of benzene rings is 1. The van der Waals surface area contributed by atoms with E-state index < -0.39 is 17.3 Å². The molecule has 1 fully saturated rings. The lowest BCUT2D eigenvalue weighted by Gasteiger charge is -2.26. The fourth-order valence-electron chi connectivity index (χ4n) is 2.56. The van der Waals surface area contributed by atoms with Crippen LogP contribution in [0, 0.1) is 17.2 Å². The van der Waals surface area contributed by atoms with Gasteiger partial charge in [-0.1, -0.05) is 32.0 Å². The van der Waals surface area contributed by atoms with Gasteiger partial charge >= 0.3 is 0 Å². The first-order chi connectivity index (χ1) is 9.77. The third-order valence-corrected chi connectivity index (χ3v) is 4.45. The number of carbonyl (C=O) groups excluding carboxylic acids is 2. The van der Waals surface area contributed by atoms with Crippen LogP contribution in [-0.4, -0.2) is 28.4 Å². The molecule has 0 aromatic heterocycles. The van der Waals surface area contributed by atoms with Gasteiger partial charge in [-0.15, -0.1) is 0 Å². The van der Waals surface area contributed by atoms with E-state index in [-0.39, 0.29) is 36.3 Å². The lowest BCUT2D eigenvalue weighted by atomic mass is 9.78. The standard InChI is InChI=1S/C16H20FNO3/c1-10(2)16(3)8-14(20)18(15(16)21)9-13(19)11-6-4-5-7-12(11)17/h4-7,10,13,19H,8-9H2,1-3H3. The molecular weight excluding hydrogens is 273 g/mol. The van der Waals surface area contributed by atoms with Crippen molar-refractivity contribution in [2.45, 2.75) is 33.3 Å². The molecule has 114 valence electrons. The van der Waals surface area contributed by atoms with Crippen molar-refractivity contribution < 1.29 is 19.1 Å². The second-order valence-corrected chi connectivity index (χ2v) is 6.10. The highest BCUT2D eigenvalue weighted by Gasteiger charge is 2.50. The van der Waals surface area contributed by atoms with Gasteiger partial charge in [-0.3, -0.25) is 14.5 Å². The van der Waals surface area contributed by atoms with Crippen molar-refractivity contribution in [3.8, 4) is 0 Å². The minimum atomic E-state index is -1.21. The fourth-order valence-corrected chi connectivity index (χ4v) is 2.56. The first-order valence-electron chi connectivity index (χ1n) is 7.04. The summed E-state index contributed by atoms with van der Waals surface area (Å²) in [6.45, 7) is 5.33. The Labute approximate surface area is 123 Å². The predicted molar refractivity (Wildman–Crippen MR) is 75.6 cm³/mol. The molecule has 5 heteroatoms. The lowest BCUT2D eigenvalue weighted by molar-refractivity contribution is -0.143. The summed E-state index contributed by atoms with van der Waals surface area (Å²) in [6.07, 6.45) is -1.08. The molecule has 1 aromatic carbocycles. The Hall–Kier alpha value is -1.75. The molecule has 2 amide bonds. The summed E-state index contributed by atoms with van der Waals surface area (Å²) in [5.41, 5.74) is -0.650. The van der Waals surface area contributed by atoms with Crippen LogP contribution in [0.1, 0.15) is 38.9 Å². The van der Waals surface area contributed by atoms with E-state index >= 15 is 0 Å². The molecule has 2 atom stereocenters. The monoisotopic (exact) mass is 293 g/mol. The molecule has 2 unspecified atom stereocenters. The zero-order valence-corrected chi connectivity index (χ0v) is 12.5. The van der Waals surface area contributed by atoms with E-state index in [9.17, 15) is 19.1 Å². The number of nitrogens with zero attached hydrogens (tertiary/aromatic N) is 1. The Morgan fingerprint density at radius 2 is 1.95 bits per heavy atom. The van der Waals surface area contributed by atoms with E-state index in [1.54, 1.807) is 13.0 Å². The van der Waals surface area contributed by atoms with E-state index in [0.29, 0.717) is 0 Å². The van der Waals surface area contributed by atoms with Gasteiger partial charge in [0.2, 0.25) is 11.8 Å². The molecule has 21 heavy (non-hydrogen) atoms. The van der Waals surface area contributed by atoms with Crippen molar-refractivity contribution in [2.24, 2.45) is 11.3 Å². The minimum absolute atomic E-state index is 0.0181. The van der Waals surface area contributed by atoms with E-state index in [1.165, 1.54) is 18.2 Å². The van der Waals surface area contributed by atoms with Gasteiger partial charge in [0.1, 0.15) is 5.82 Å². The number of rotatable bonds is 4. The molecule has 1 aliphatic rings. The normalized spacial score (nSPS) is 24.0. The smallest absolute Gasteiger partial charge is 0.235 e. The Bertz CT molecular complexity index is 572. The number of amides is 2. The molecule has 1 N–H and O–H groups in total. The summed E-state index contributed by atoms with van der Waals surface area (Å²) < 4.78 is 13.6. The SMILES string of the molecule is CC(C)C1(C)CC(=O)N(CC(O)c2ccccc2F)C1=O. The van der Waals surface area contributed by atoms with E-state index in [2.05, 4.69) is 0 Å². The summed E-state index contributed by atoms with van der Waals surface area (Å²) >= 11 is 0. The van der Waals surface area contributed by atoms with E-state index in [0.717, 1.165) is 4.90 Å². The second kappa shape index (κ2) is 5.56. The molecule has 0 bridgehead atoms. The zero-order chi connectivity index (χ0) is 15.8. The van der Waals surface area contributed by atoms with Crippen LogP contribution in [0.2, 0.25) is 0 Å². The van der Waals surface area contributed by atoms with Crippen LogP contribution >= 0.6 is 0 Å². The molecular formula is C16H20FNO3. The maximum Gasteiger partial charge on any atom is 0.235 e. The molecule has 1 aromatic rings. The van der Waals surface area contributed by atoms with Crippen LogP contribution < -0.4 is 0 Å². The average molecular weight is 293 g/mol. The zero-order valence-electron chi connectivity index (χ0n) is 12.5. The topological polar surface area (TPSA) is 57.6 Å². The van der Waals surface area contributed by atoms with Crippen LogP contribution in [0.3, 0.4) is 0 Å². The number of hydrogen-bond donors (Lipinski definition) is 1. The maximum absolute atomic E-state index is 13.6. The second-order valence-electron chi connectivity index (χ2n) is 6.10. The number of hydrogen-bond acceptors (Lipinski definition) is 3. The van der Waals surface area contributed by atoms with Crippen molar-refractivity contribution in [1.29, 1.82) is 0 Å². The Morgan fingerprint density at radius 3 is 2.48 bits per heavy atom. The third-order valence-electron chi connectivity index (χ3n) is 4.45. The molecule has 1 heterocycles. The number of aliphatic hydroxyl groups is 1. The molecule has 1 saturated heterocycles. The van der Waals surface area contributed by atoms with Gasteiger partial charge in [0.25, 0.3) is 0 Å². The number of β-amino-alcohol motifs (C(OH)–C–C–N with tert-alkyl or cyclic N) is 1. The van der Waals surface area contributed by atoms with Crippen molar-refractivity contribution in [1.82, 2.24) is 4.90 Å². The first kappa shape index (κ1) is 15.6. The Kier molecular flexibility index (Phi) is 4.14. The highest BCUT2D eigenvalue weighted by molar-refractivity contribution is 6.05. The number of likely N-dealkylation sites (tertiary alicyclic amines) is 1. The van der Waals surface area contributed by atoms with Crippen LogP contribution in [0.25, 0.3) is 0 Å². The molecule has 0 aliphatic carbocycles. The summed E-state index contributed by atoms with van der Waals surface area (Å²) in [4.78, 5) is 25.5. The van der Waals surface area contributed by atoms with Gasteiger partial charge in [-0.2, -0.15) is 0 Å². The third kappa shape index (κ3) is 2.70. The van der Waals surface area contributed by atoms with Crippen molar-refractivity contribution in [2.75, 3.05) is 6.54 Å². The molecule has 2 rings (SSSR count). The highest BCUT2D eigenvalue weighted by Crippen LogP contribution is 2.39. The molecule has 1 aliphatic heterocycles. The highest BCUT2D eigenvalue weighted by atomic mass is 19.1. The van der Waals surface area contributed by atoms with Crippen LogP contribution in [0.15, 0.2) is 24.3 Å². The number of imide groups is 1. The molecule has 0 radical (unpaired) electrons. The van der Waals surface area contributed by atoms with Gasteiger partial charge in [0.05, 0.1) is 18.1 Å². The Morgan fingerprint density at radius 1 is 1.33 bits per heavy atom. The summed E-state index contributed by atoms with van der Waals surface area (Å²) in [6, 6.07) is 5.82. The number of carbonyl (C=O) groups is 2. The van der Waals surface area contributed by atoms with Crippen molar-refractivity contribution in [3.63, 3.8) is 0 Å². The van der Waals surface area contributed by atoms with Gasteiger partial charge in [0, 0.05) is 12.0 Å². The quantitative estimate of drug-likeness (QED) is 0.866. The molecule has 0 spiro atoms. The van der Waals surface area contributed by atoms with Crippen LogP contribution in [-0.2, 0) is 9.59 Å². The summed E-state index contributed by atoms with van der Waals surface area (Å²) in [5, 5.41) is 10.1. The van der Waals surface area contributed by atoms with E-state index in [1.807, 2.05) is 13.8 Å². The summed E-state index contributed by atoms with van der Waals surface area (Å²) in [7, 11) is 0. The predicted octanol–water partition coefficient (Wildman–Crippen LogP) is 2.28.